The third kappa shape index (κ3) is 3.20. The number of hydrogen-bond donors (Lipinski definition) is 1. The van der Waals surface area contributed by atoms with Crippen molar-refractivity contribution in [3.05, 3.63) is 53.1 Å². The number of para-hydroxylation sites is 1. The predicted molar refractivity (Wildman–Crippen MR) is 95.3 cm³/mol. The molecular formula is C20H25NO3. The summed E-state index contributed by atoms with van der Waals surface area (Å²) < 4.78 is 17.1. The molecule has 0 saturated heterocycles. The molecule has 0 fully saturated rings. The summed E-state index contributed by atoms with van der Waals surface area (Å²) in [6.45, 7) is 6.16. The lowest BCUT2D eigenvalue weighted by molar-refractivity contribution is 0.286. The van der Waals surface area contributed by atoms with Crippen molar-refractivity contribution in [3.8, 4) is 17.2 Å². The fourth-order valence-corrected chi connectivity index (χ4v) is 3.28. The van der Waals surface area contributed by atoms with Crippen molar-refractivity contribution in [3.63, 3.8) is 0 Å². The van der Waals surface area contributed by atoms with E-state index in [0.717, 1.165) is 35.8 Å². The molecule has 1 N–H and O–H groups in total. The minimum Gasteiger partial charge on any atom is -0.496 e. The van der Waals surface area contributed by atoms with Crippen LogP contribution >= 0.6 is 0 Å². The summed E-state index contributed by atoms with van der Waals surface area (Å²) in [6, 6.07) is 12.5. The highest BCUT2D eigenvalue weighted by Gasteiger charge is 2.26. The van der Waals surface area contributed by atoms with Gasteiger partial charge in [0.25, 0.3) is 0 Å². The van der Waals surface area contributed by atoms with Crippen LogP contribution in [0.1, 0.15) is 36.6 Å². The van der Waals surface area contributed by atoms with Gasteiger partial charge in [0.05, 0.1) is 26.4 Å². The highest BCUT2D eigenvalue weighted by molar-refractivity contribution is 5.53. The smallest absolute Gasteiger partial charge is 0.161 e. The van der Waals surface area contributed by atoms with Gasteiger partial charge in [0.2, 0.25) is 0 Å². The predicted octanol–water partition coefficient (Wildman–Crippen LogP) is 3.73. The summed E-state index contributed by atoms with van der Waals surface area (Å²) in [5, 5.41) is 3.61. The van der Waals surface area contributed by atoms with Gasteiger partial charge in [0.15, 0.2) is 11.5 Å². The molecule has 0 amide bonds. The van der Waals surface area contributed by atoms with Crippen LogP contribution in [-0.4, -0.2) is 26.9 Å². The Kier molecular flexibility index (Phi) is 5.26. The highest BCUT2D eigenvalue weighted by Crippen LogP contribution is 2.39. The first-order valence-corrected chi connectivity index (χ1v) is 8.57. The summed E-state index contributed by atoms with van der Waals surface area (Å²) in [6.07, 6.45) is 0.980. The quantitative estimate of drug-likeness (QED) is 0.877. The molecule has 0 aliphatic carbocycles. The zero-order chi connectivity index (χ0) is 16.9. The van der Waals surface area contributed by atoms with E-state index in [1.165, 1.54) is 11.1 Å². The molecule has 1 atom stereocenters. The van der Waals surface area contributed by atoms with Crippen LogP contribution in [0.4, 0.5) is 0 Å². The van der Waals surface area contributed by atoms with Gasteiger partial charge < -0.3 is 19.5 Å². The van der Waals surface area contributed by atoms with Gasteiger partial charge in [-0.25, -0.2) is 0 Å². The minimum atomic E-state index is 0.0970. The maximum absolute atomic E-state index is 5.81. The van der Waals surface area contributed by atoms with Gasteiger partial charge in [-0.1, -0.05) is 18.2 Å². The first kappa shape index (κ1) is 16.7. The second-order valence-corrected chi connectivity index (χ2v) is 5.74. The van der Waals surface area contributed by atoms with Gasteiger partial charge in [-0.2, -0.15) is 0 Å². The van der Waals surface area contributed by atoms with Crippen LogP contribution in [0.2, 0.25) is 0 Å². The third-order valence-electron chi connectivity index (χ3n) is 4.31. The molecule has 0 saturated carbocycles. The summed E-state index contributed by atoms with van der Waals surface area (Å²) >= 11 is 0. The fraction of sp³-hybridized carbons (Fsp3) is 0.400. The Morgan fingerprint density at radius 3 is 2.38 bits per heavy atom. The maximum Gasteiger partial charge on any atom is 0.161 e. The summed E-state index contributed by atoms with van der Waals surface area (Å²) in [5.74, 6) is 2.54. The van der Waals surface area contributed by atoms with E-state index in [0.29, 0.717) is 13.2 Å². The summed E-state index contributed by atoms with van der Waals surface area (Å²) in [4.78, 5) is 0. The van der Waals surface area contributed by atoms with E-state index in [-0.39, 0.29) is 6.04 Å². The van der Waals surface area contributed by atoms with Crippen LogP contribution in [0.15, 0.2) is 36.4 Å². The van der Waals surface area contributed by atoms with Crippen molar-refractivity contribution in [2.75, 3.05) is 26.9 Å². The second-order valence-electron chi connectivity index (χ2n) is 5.74. The average molecular weight is 327 g/mol. The van der Waals surface area contributed by atoms with Crippen molar-refractivity contribution in [2.45, 2.75) is 26.3 Å². The van der Waals surface area contributed by atoms with E-state index >= 15 is 0 Å². The van der Waals surface area contributed by atoms with Crippen molar-refractivity contribution in [2.24, 2.45) is 0 Å². The minimum absolute atomic E-state index is 0.0970. The molecule has 128 valence electrons. The topological polar surface area (TPSA) is 39.7 Å². The van der Waals surface area contributed by atoms with Crippen LogP contribution in [0.3, 0.4) is 0 Å². The van der Waals surface area contributed by atoms with Crippen LogP contribution in [0.5, 0.6) is 17.2 Å². The molecule has 2 aromatic rings. The van der Waals surface area contributed by atoms with Crippen molar-refractivity contribution < 1.29 is 14.2 Å². The van der Waals surface area contributed by atoms with Gasteiger partial charge in [-0.05, 0) is 49.6 Å². The molecular weight excluding hydrogens is 302 g/mol. The number of nitrogens with one attached hydrogen (secondary N) is 1. The van der Waals surface area contributed by atoms with Crippen molar-refractivity contribution in [1.29, 1.82) is 0 Å². The van der Waals surface area contributed by atoms with Gasteiger partial charge >= 0.3 is 0 Å². The Morgan fingerprint density at radius 1 is 0.958 bits per heavy atom. The first-order chi connectivity index (χ1) is 11.8. The van der Waals surface area contributed by atoms with Crippen LogP contribution in [0, 0.1) is 0 Å². The third-order valence-corrected chi connectivity index (χ3v) is 4.31. The standard InChI is InChI=1S/C20H25NO3/c1-4-23-18-12-14-10-11-21-20(16(14)13-19(18)24-5-2)15-8-6-7-9-17(15)22-3/h6-9,12-13,20-21H,4-5,10-11H2,1-3H3/t20-/m1/s1. The molecule has 0 spiro atoms. The number of methoxy groups -OCH3 is 1. The number of ether oxygens (including phenoxy) is 3. The van der Waals surface area contributed by atoms with Crippen molar-refractivity contribution >= 4 is 0 Å². The zero-order valence-electron chi connectivity index (χ0n) is 14.6. The van der Waals surface area contributed by atoms with Gasteiger partial charge in [-0.3, -0.25) is 0 Å². The van der Waals surface area contributed by atoms with E-state index in [4.69, 9.17) is 14.2 Å². The van der Waals surface area contributed by atoms with Gasteiger partial charge in [-0.15, -0.1) is 0 Å². The number of hydrogen-bond acceptors (Lipinski definition) is 4. The molecule has 1 aliphatic rings. The summed E-state index contributed by atoms with van der Waals surface area (Å²) in [5.41, 5.74) is 3.68. The van der Waals surface area contributed by atoms with Crippen LogP contribution in [0.25, 0.3) is 0 Å². The monoisotopic (exact) mass is 327 g/mol. The van der Waals surface area contributed by atoms with Gasteiger partial charge in [0, 0.05) is 12.1 Å². The lowest BCUT2D eigenvalue weighted by atomic mass is 9.89. The fourth-order valence-electron chi connectivity index (χ4n) is 3.28. The molecule has 0 bridgehead atoms. The average Bonchev–Trinajstić information content (AvgIpc) is 2.62. The molecule has 0 aromatic heterocycles. The van der Waals surface area contributed by atoms with Crippen molar-refractivity contribution in [1.82, 2.24) is 5.32 Å². The second kappa shape index (κ2) is 7.58. The molecule has 4 heteroatoms. The first-order valence-electron chi connectivity index (χ1n) is 8.57. The number of rotatable bonds is 6. The van der Waals surface area contributed by atoms with Crippen LogP contribution in [-0.2, 0) is 6.42 Å². The molecule has 4 nitrogen and oxygen atoms in total. The Hall–Kier alpha value is -2.20. The molecule has 1 heterocycles. The van der Waals surface area contributed by atoms with E-state index < -0.39 is 0 Å². The maximum atomic E-state index is 5.81. The molecule has 0 unspecified atom stereocenters. The normalized spacial score (nSPS) is 16.4. The molecule has 1 aliphatic heterocycles. The number of fused-ring (bicyclic) bond motifs is 1. The Morgan fingerprint density at radius 2 is 1.67 bits per heavy atom. The Bertz CT molecular complexity index is 699. The highest BCUT2D eigenvalue weighted by atomic mass is 16.5. The number of benzene rings is 2. The molecule has 3 rings (SSSR count). The lowest BCUT2D eigenvalue weighted by Gasteiger charge is -2.29. The van der Waals surface area contributed by atoms with E-state index in [1.54, 1.807) is 7.11 Å². The van der Waals surface area contributed by atoms with E-state index in [2.05, 4.69) is 23.5 Å². The summed E-state index contributed by atoms with van der Waals surface area (Å²) in [7, 11) is 1.71. The van der Waals surface area contributed by atoms with E-state index in [9.17, 15) is 0 Å². The molecule has 24 heavy (non-hydrogen) atoms. The Balaban J connectivity index is 2.07. The van der Waals surface area contributed by atoms with Gasteiger partial charge in [0.1, 0.15) is 5.75 Å². The molecule has 0 radical (unpaired) electrons. The van der Waals surface area contributed by atoms with Crippen LogP contribution < -0.4 is 19.5 Å². The SMILES string of the molecule is CCOc1cc2c(cc1OCC)[C@@H](c1ccccc1OC)NCC2. The largest absolute Gasteiger partial charge is 0.496 e. The lowest BCUT2D eigenvalue weighted by Crippen LogP contribution is -2.31. The van der Waals surface area contributed by atoms with E-state index in [1.807, 2.05) is 32.0 Å². The Labute approximate surface area is 143 Å². The molecule has 2 aromatic carbocycles. The zero-order valence-corrected chi connectivity index (χ0v) is 14.6.